The maximum atomic E-state index is 13.5. The van der Waals surface area contributed by atoms with Gasteiger partial charge >= 0.3 is 11.9 Å². The SMILES string of the molecule is O=C(O)C(OS1=C2C(=C(Nc3ccc(OCc4cccc(F)c4)c(Cl)c3)N=CN2Cc2ccccc2)C=C1)C(=O)O. The van der Waals surface area contributed by atoms with Crippen LogP contribution in [0.5, 0.6) is 5.75 Å². The van der Waals surface area contributed by atoms with Crippen molar-refractivity contribution in [1.29, 1.82) is 0 Å². The molecule has 0 fully saturated rings. The van der Waals surface area contributed by atoms with Gasteiger partial charge < -0.3 is 25.2 Å². The Kier molecular flexibility index (Phi) is 8.48. The van der Waals surface area contributed by atoms with Crippen LogP contribution in [0.2, 0.25) is 5.02 Å². The lowest BCUT2D eigenvalue weighted by Gasteiger charge is -2.28. The predicted octanol–water partition coefficient (Wildman–Crippen LogP) is 5.62. The third-order valence-electron chi connectivity index (χ3n) is 5.94. The van der Waals surface area contributed by atoms with Crippen LogP contribution in [0, 0.1) is 5.82 Å². The second kappa shape index (κ2) is 12.4. The molecule has 1 unspecified atom stereocenters. The first-order valence-electron chi connectivity index (χ1n) is 12.2. The summed E-state index contributed by atoms with van der Waals surface area (Å²) in [6, 6.07) is 20.7. The topological polar surface area (TPSA) is 121 Å². The quantitative estimate of drug-likeness (QED) is 0.193. The smallest absolute Gasteiger partial charge is 0.345 e. The number of hydrogen-bond donors (Lipinski definition) is 3. The van der Waals surface area contributed by atoms with Crippen LogP contribution in [0.4, 0.5) is 10.1 Å². The minimum absolute atomic E-state index is 0.139. The van der Waals surface area contributed by atoms with Crippen LogP contribution in [0.1, 0.15) is 11.1 Å². The van der Waals surface area contributed by atoms with E-state index in [4.69, 9.17) is 20.5 Å². The van der Waals surface area contributed by atoms with Crippen molar-refractivity contribution in [3.63, 3.8) is 0 Å². The van der Waals surface area contributed by atoms with Crippen LogP contribution >= 0.6 is 22.4 Å². The Labute approximate surface area is 241 Å². The zero-order valence-corrected chi connectivity index (χ0v) is 22.8. The summed E-state index contributed by atoms with van der Waals surface area (Å²) < 4.78 is 24.8. The van der Waals surface area contributed by atoms with Crippen LogP contribution in [0.25, 0.3) is 0 Å². The summed E-state index contributed by atoms with van der Waals surface area (Å²) in [5.41, 5.74) is 2.84. The first kappa shape index (κ1) is 28.1. The molecule has 3 aromatic rings. The van der Waals surface area contributed by atoms with Gasteiger partial charge in [-0.3, -0.25) is 4.18 Å². The molecule has 2 heterocycles. The number of hydrogen-bond acceptors (Lipinski definition) is 7. The van der Waals surface area contributed by atoms with Gasteiger partial charge in [0.05, 0.1) is 11.4 Å². The second-order valence-electron chi connectivity index (χ2n) is 8.87. The molecule has 0 aromatic heterocycles. The van der Waals surface area contributed by atoms with Gasteiger partial charge in [-0.1, -0.05) is 54.1 Å². The van der Waals surface area contributed by atoms with E-state index in [-0.39, 0.29) is 12.4 Å². The number of aliphatic imine (C=N–C) groups is 1. The van der Waals surface area contributed by atoms with E-state index in [1.807, 2.05) is 30.3 Å². The fraction of sp³-hybridized carbons (Fsp3) is 0.103. The molecule has 0 spiro atoms. The van der Waals surface area contributed by atoms with Gasteiger partial charge in [-0.2, -0.15) is 0 Å². The molecule has 2 aliphatic heterocycles. The van der Waals surface area contributed by atoms with Gasteiger partial charge in [0.25, 0.3) is 6.10 Å². The van der Waals surface area contributed by atoms with Crippen molar-refractivity contribution in [3.05, 3.63) is 118 Å². The lowest BCUT2D eigenvalue weighted by Crippen LogP contribution is -2.35. The van der Waals surface area contributed by atoms with Gasteiger partial charge in [-0.15, -0.1) is 0 Å². The summed E-state index contributed by atoms with van der Waals surface area (Å²) in [7, 11) is -1.29. The van der Waals surface area contributed by atoms with E-state index in [0.29, 0.717) is 45.0 Å². The Balaban J connectivity index is 1.40. The van der Waals surface area contributed by atoms with Gasteiger partial charge in [0, 0.05) is 17.8 Å². The number of rotatable bonds is 11. The molecule has 3 aromatic carbocycles. The van der Waals surface area contributed by atoms with Gasteiger partial charge in [-0.25, -0.2) is 19.0 Å². The summed E-state index contributed by atoms with van der Waals surface area (Å²) in [5.74, 6) is -2.69. The number of aliphatic carboxylic acids is 2. The highest BCUT2D eigenvalue weighted by molar-refractivity contribution is 8.15. The summed E-state index contributed by atoms with van der Waals surface area (Å²) >= 11 is 6.46. The van der Waals surface area contributed by atoms with Crippen LogP contribution in [0.3, 0.4) is 0 Å². The van der Waals surface area contributed by atoms with E-state index in [1.165, 1.54) is 12.1 Å². The molecule has 2 aliphatic rings. The van der Waals surface area contributed by atoms with E-state index >= 15 is 0 Å². The molecular weight excluding hydrogens is 573 g/mol. The number of benzene rings is 3. The molecule has 9 nitrogen and oxygen atoms in total. The van der Waals surface area contributed by atoms with E-state index in [9.17, 15) is 24.2 Å². The summed E-state index contributed by atoms with van der Waals surface area (Å²) in [6.07, 6.45) is 1.26. The number of carboxylic acids is 2. The zero-order chi connectivity index (χ0) is 28.9. The van der Waals surface area contributed by atoms with Crippen molar-refractivity contribution in [1.82, 2.24) is 4.90 Å². The third-order valence-corrected chi connectivity index (χ3v) is 7.86. The largest absolute Gasteiger partial charge is 0.487 e. The number of anilines is 1. The second-order valence-corrected chi connectivity index (χ2v) is 10.7. The number of ether oxygens (including phenoxy) is 1. The minimum Gasteiger partial charge on any atom is -0.487 e. The number of carboxylic acid groups (broad SMARTS) is 2. The minimum atomic E-state index is -2.04. The molecule has 0 bridgehead atoms. The highest BCUT2D eigenvalue weighted by Gasteiger charge is 2.33. The molecule has 3 N–H and O–H groups in total. The molecule has 0 aliphatic carbocycles. The normalized spacial score (nSPS) is 15.8. The molecule has 0 saturated heterocycles. The van der Waals surface area contributed by atoms with Crippen molar-refractivity contribution in [2.24, 2.45) is 4.99 Å². The molecule has 0 radical (unpaired) electrons. The van der Waals surface area contributed by atoms with E-state index in [0.717, 1.165) is 5.56 Å². The molecule has 41 heavy (non-hydrogen) atoms. The van der Waals surface area contributed by atoms with Gasteiger partial charge in [-0.05, 0) is 63.7 Å². The highest BCUT2D eigenvalue weighted by Crippen LogP contribution is 2.37. The molecular formula is C29H23ClFN3O6S. The van der Waals surface area contributed by atoms with Gasteiger partial charge in [0.15, 0.2) is 0 Å². The number of nitrogens with zero attached hydrogens (tertiary/aromatic N) is 2. The van der Waals surface area contributed by atoms with Crippen LogP contribution in [-0.2, 0) is 26.9 Å². The third kappa shape index (κ3) is 6.65. The monoisotopic (exact) mass is 595 g/mol. The van der Waals surface area contributed by atoms with Gasteiger partial charge in [0.2, 0.25) is 0 Å². The first-order chi connectivity index (χ1) is 19.8. The van der Waals surface area contributed by atoms with E-state index in [2.05, 4.69) is 10.3 Å². The van der Waals surface area contributed by atoms with E-state index in [1.54, 1.807) is 53.1 Å². The molecule has 0 saturated carbocycles. The molecule has 5 rings (SSSR count). The molecule has 12 heteroatoms. The number of carbonyl (C=O) groups is 2. The first-order valence-corrected chi connectivity index (χ1v) is 13.8. The van der Waals surface area contributed by atoms with Crippen LogP contribution < -0.4 is 10.1 Å². The summed E-state index contributed by atoms with van der Waals surface area (Å²) in [6.45, 7) is 0.541. The Hall–Kier alpha value is -4.45. The van der Waals surface area contributed by atoms with Crippen molar-refractivity contribution >= 4 is 51.3 Å². The standard InChI is InChI=1S/C29H23ClFN3O6S/c30-23-14-21(9-10-24(23)39-16-19-7-4-8-20(31)13-19)33-26-22-11-12-41(40-25(28(35)36)29(37)38)27(22)34(17-32-26)15-18-5-2-1-3-6-18/h1-14,17,25,33H,15-16H2,(H,35,36)(H,37,38). The summed E-state index contributed by atoms with van der Waals surface area (Å²) in [4.78, 5) is 30.0. The average molecular weight is 596 g/mol. The van der Waals surface area contributed by atoms with Crippen molar-refractivity contribution in [2.75, 3.05) is 5.32 Å². The lowest BCUT2D eigenvalue weighted by atomic mass is 10.1. The van der Waals surface area contributed by atoms with Crippen molar-refractivity contribution in [2.45, 2.75) is 19.3 Å². The molecule has 210 valence electrons. The van der Waals surface area contributed by atoms with E-state index < -0.39 is 28.8 Å². The van der Waals surface area contributed by atoms with Gasteiger partial charge in [0.1, 0.15) is 29.0 Å². The number of nitrogens with one attached hydrogen (secondary N) is 1. The molecule has 1 atom stereocenters. The van der Waals surface area contributed by atoms with Crippen molar-refractivity contribution in [3.8, 4) is 5.75 Å². The number of fused-ring (bicyclic) bond motifs is 1. The fourth-order valence-electron chi connectivity index (χ4n) is 4.06. The van der Waals surface area contributed by atoms with Crippen LogP contribution in [0.15, 0.2) is 101 Å². The average Bonchev–Trinajstić information content (AvgIpc) is 3.37. The predicted molar refractivity (Wildman–Crippen MR) is 155 cm³/mol. The van der Waals surface area contributed by atoms with Crippen LogP contribution in [-0.4, -0.2) is 44.5 Å². The zero-order valence-electron chi connectivity index (χ0n) is 21.2. The fourth-order valence-corrected chi connectivity index (χ4v) is 5.93. The Morgan fingerprint density at radius 3 is 2.49 bits per heavy atom. The number of halogens is 2. The molecule has 0 amide bonds. The maximum Gasteiger partial charge on any atom is 0.345 e. The van der Waals surface area contributed by atoms with Crippen molar-refractivity contribution < 1.29 is 33.1 Å². The highest BCUT2D eigenvalue weighted by atomic mass is 35.5. The Bertz CT molecular complexity index is 1610. The Morgan fingerprint density at radius 2 is 1.78 bits per heavy atom. The Morgan fingerprint density at radius 1 is 1.02 bits per heavy atom. The lowest BCUT2D eigenvalue weighted by molar-refractivity contribution is -0.158. The maximum absolute atomic E-state index is 13.5. The summed E-state index contributed by atoms with van der Waals surface area (Å²) in [5, 5.41) is 23.9.